The Labute approximate surface area is 138 Å². The van der Waals surface area contributed by atoms with Gasteiger partial charge in [-0.15, -0.1) is 0 Å². The Bertz CT molecular complexity index is 816. The third-order valence-corrected chi connectivity index (χ3v) is 3.06. The molecule has 0 amide bonds. The molecule has 128 valence electrons. The van der Waals surface area contributed by atoms with Crippen LogP contribution in [0.3, 0.4) is 0 Å². The average Bonchev–Trinajstić information content (AvgIpc) is 2.84. The van der Waals surface area contributed by atoms with E-state index >= 15 is 0 Å². The summed E-state index contributed by atoms with van der Waals surface area (Å²) in [6.45, 7) is 6.88. The average molecular weight is 334 g/mol. The van der Waals surface area contributed by atoms with E-state index in [0.29, 0.717) is 10.9 Å². The molecule has 0 fully saturated rings. The van der Waals surface area contributed by atoms with Gasteiger partial charge in [0.25, 0.3) is 5.69 Å². The normalized spacial score (nSPS) is 11.3. The second-order valence-electron chi connectivity index (χ2n) is 6.07. The fourth-order valence-electron chi connectivity index (χ4n) is 2.18. The van der Waals surface area contributed by atoms with Crippen LogP contribution in [-0.4, -0.2) is 33.8 Å². The number of rotatable bonds is 3. The standard InChI is InChI=1S/C16H18N2O6/c1-5-23-14(19)13-9-10-8-11(18(21)22)6-7-12(10)17(13)15(20)24-16(2,3)4/h6-9H,5H2,1-4H3. The molecule has 0 aliphatic heterocycles. The summed E-state index contributed by atoms with van der Waals surface area (Å²) in [5.74, 6) is -0.706. The van der Waals surface area contributed by atoms with Crippen LogP contribution in [-0.2, 0) is 9.47 Å². The fraction of sp³-hybridized carbons (Fsp3) is 0.375. The molecule has 0 saturated carbocycles. The molecule has 8 nitrogen and oxygen atoms in total. The number of hydrogen-bond acceptors (Lipinski definition) is 6. The maximum Gasteiger partial charge on any atom is 0.419 e. The summed E-state index contributed by atoms with van der Waals surface area (Å²) in [4.78, 5) is 35.0. The van der Waals surface area contributed by atoms with Gasteiger partial charge in [-0.2, -0.15) is 0 Å². The van der Waals surface area contributed by atoms with Gasteiger partial charge >= 0.3 is 12.1 Å². The molecule has 0 radical (unpaired) electrons. The number of esters is 1. The molecular formula is C16H18N2O6. The quantitative estimate of drug-likeness (QED) is 0.483. The SMILES string of the molecule is CCOC(=O)c1cc2cc([N+](=O)[O-])ccc2n1C(=O)OC(C)(C)C. The van der Waals surface area contributed by atoms with Gasteiger partial charge in [-0.05, 0) is 39.8 Å². The summed E-state index contributed by atoms with van der Waals surface area (Å²) in [5.41, 5.74) is -0.612. The van der Waals surface area contributed by atoms with Crippen LogP contribution >= 0.6 is 0 Å². The number of benzene rings is 1. The maximum absolute atomic E-state index is 12.5. The molecule has 24 heavy (non-hydrogen) atoms. The molecule has 0 aliphatic carbocycles. The van der Waals surface area contributed by atoms with Crippen molar-refractivity contribution in [1.82, 2.24) is 4.57 Å². The third-order valence-electron chi connectivity index (χ3n) is 3.06. The van der Waals surface area contributed by atoms with E-state index < -0.39 is 22.6 Å². The van der Waals surface area contributed by atoms with Crippen molar-refractivity contribution in [2.45, 2.75) is 33.3 Å². The van der Waals surface area contributed by atoms with Crippen molar-refractivity contribution >= 4 is 28.7 Å². The minimum atomic E-state index is -0.764. The van der Waals surface area contributed by atoms with E-state index in [9.17, 15) is 19.7 Å². The van der Waals surface area contributed by atoms with Crippen molar-refractivity contribution in [1.29, 1.82) is 0 Å². The Morgan fingerprint density at radius 2 is 1.92 bits per heavy atom. The number of hydrogen-bond donors (Lipinski definition) is 0. The lowest BCUT2D eigenvalue weighted by molar-refractivity contribution is -0.384. The zero-order valence-corrected chi connectivity index (χ0v) is 13.9. The predicted octanol–water partition coefficient (Wildman–Crippen LogP) is 3.51. The first-order valence-corrected chi connectivity index (χ1v) is 7.34. The molecule has 0 atom stereocenters. The van der Waals surface area contributed by atoms with Crippen LogP contribution in [0, 0.1) is 10.1 Å². The number of nitro benzene ring substituents is 1. The van der Waals surface area contributed by atoms with Gasteiger partial charge in [0.1, 0.15) is 11.3 Å². The van der Waals surface area contributed by atoms with Crippen LogP contribution in [0.2, 0.25) is 0 Å². The largest absolute Gasteiger partial charge is 0.461 e. The first kappa shape index (κ1) is 17.5. The molecule has 1 aromatic heterocycles. The molecule has 0 saturated heterocycles. The molecule has 2 rings (SSSR count). The Kier molecular flexibility index (Phi) is 4.59. The summed E-state index contributed by atoms with van der Waals surface area (Å²) in [5, 5.41) is 11.3. The highest BCUT2D eigenvalue weighted by Crippen LogP contribution is 2.26. The minimum absolute atomic E-state index is 0.0402. The van der Waals surface area contributed by atoms with Gasteiger partial charge in [-0.1, -0.05) is 0 Å². The number of carbonyl (C=O) groups is 2. The van der Waals surface area contributed by atoms with E-state index in [1.807, 2.05) is 0 Å². The van der Waals surface area contributed by atoms with Crippen molar-refractivity contribution in [2.24, 2.45) is 0 Å². The highest BCUT2D eigenvalue weighted by Gasteiger charge is 2.26. The highest BCUT2D eigenvalue weighted by atomic mass is 16.6. The Morgan fingerprint density at radius 1 is 1.25 bits per heavy atom. The molecule has 8 heteroatoms. The monoisotopic (exact) mass is 334 g/mol. The number of carbonyl (C=O) groups excluding carboxylic acids is 2. The Balaban J connectivity index is 2.64. The second kappa shape index (κ2) is 6.31. The molecule has 0 spiro atoms. The molecular weight excluding hydrogens is 316 g/mol. The fourth-order valence-corrected chi connectivity index (χ4v) is 2.18. The first-order valence-electron chi connectivity index (χ1n) is 7.34. The Hall–Kier alpha value is -2.90. The van der Waals surface area contributed by atoms with Crippen LogP contribution in [0.1, 0.15) is 38.2 Å². The van der Waals surface area contributed by atoms with Crippen molar-refractivity contribution in [3.05, 3.63) is 40.1 Å². The van der Waals surface area contributed by atoms with Gasteiger partial charge in [0, 0.05) is 17.5 Å². The summed E-state index contributed by atoms with van der Waals surface area (Å²) in [6, 6.07) is 5.33. The summed E-state index contributed by atoms with van der Waals surface area (Å²) >= 11 is 0. The van der Waals surface area contributed by atoms with E-state index in [-0.39, 0.29) is 18.0 Å². The van der Waals surface area contributed by atoms with Crippen LogP contribution < -0.4 is 0 Å². The van der Waals surface area contributed by atoms with Crippen molar-refractivity contribution in [2.75, 3.05) is 6.61 Å². The number of non-ortho nitro benzene ring substituents is 1. The molecule has 1 heterocycles. The summed E-state index contributed by atoms with van der Waals surface area (Å²) < 4.78 is 11.3. The van der Waals surface area contributed by atoms with Gasteiger partial charge in [0.2, 0.25) is 0 Å². The van der Waals surface area contributed by atoms with Gasteiger partial charge < -0.3 is 9.47 Å². The molecule has 1 aromatic carbocycles. The van der Waals surface area contributed by atoms with E-state index in [0.717, 1.165) is 4.57 Å². The van der Waals surface area contributed by atoms with E-state index in [4.69, 9.17) is 9.47 Å². The first-order chi connectivity index (χ1) is 11.1. The third kappa shape index (κ3) is 3.53. The molecule has 0 bridgehead atoms. The predicted molar refractivity (Wildman–Crippen MR) is 86.2 cm³/mol. The van der Waals surface area contributed by atoms with Crippen molar-refractivity contribution in [3.8, 4) is 0 Å². The van der Waals surface area contributed by atoms with E-state index in [1.54, 1.807) is 27.7 Å². The van der Waals surface area contributed by atoms with Gasteiger partial charge in [0.15, 0.2) is 0 Å². The van der Waals surface area contributed by atoms with Gasteiger partial charge in [0.05, 0.1) is 17.0 Å². The van der Waals surface area contributed by atoms with Crippen molar-refractivity contribution < 1.29 is 24.0 Å². The van der Waals surface area contributed by atoms with E-state index in [2.05, 4.69) is 0 Å². The zero-order valence-electron chi connectivity index (χ0n) is 13.9. The smallest absolute Gasteiger partial charge is 0.419 e. The summed E-state index contributed by atoms with van der Waals surface area (Å²) in [7, 11) is 0. The Morgan fingerprint density at radius 3 is 2.46 bits per heavy atom. The van der Waals surface area contributed by atoms with Crippen LogP contribution in [0.15, 0.2) is 24.3 Å². The summed E-state index contributed by atoms with van der Waals surface area (Å²) in [6.07, 6.45) is -0.755. The van der Waals surface area contributed by atoms with Crippen molar-refractivity contribution in [3.63, 3.8) is 0 Å². The van der Waals surface area contributed by atoms with Crippen LogP contribution in [0.25, 0.3) is 10.9 Å². The molecule has 0 aliphatic rings. The lowest BCUT2D eigenvalue weighted by Crippen LogP contribution is -2.29. The van der Waals surface area contributed by atoms with E-state index in [1.165, 1.54) is 24.3 Å². The lowest BCUT2D eigenvalue weighted by Gasteiger charge is -2.20. The molecule has 0 unspecified atom stereocenters. The molecule has 0 N–H and O–H groups in total. The number of nitro groups is 1. The molecule has 2 aromatic rings. The number of nitrogens with zero attached hydrogens (tertiary/aromatic N) is 2. The van der Waals surface area contributed by atoms with Gasteiger partial charge in [-0.25, -0.2) is 14.2 Å². The highest BCUT2D eigenvalue weighted by molar-refractivity contribution is 6.02. The van der Waals surface area contributed by atoms with Crippen LogP contribution in [0.5, 0.6) is 0 Å². The topological polar surface area (TPSA) is 101 Å². The van der Waals surface area contributed by atoms with Crippen LogP contribution in [0.4, 0.5) is 10.5 Å². The maximum atomic E-state index is 12.5. The number of fused-ring (bicyclic) bond motifs is 1. The second-order valence-corrected chi connectivity index (χ2v) is 6.07. The minimum Gasteiger partial charge on any atom is -0.461 e. The van der Waals surface area contributed by atoms with Gasteiger partial charge in [-0.3, -0.25) is 10.1 Å². The zero-order chi connectivity index (χ0) is 18.1. The lowest BCUT2D eigenvalue weighted by atomic mass is 10.2. The number of ether oxygens (including phenoxy) is 2. The number of aromatic nitrogens is 1.